The minimum atomic E-state index is 0.272. The van der Waals surface area contributed by atoms with Crippen molar-refractivity contribution in [2.75, 3.05) is 37.9 Å². The first-order chi connectivity index (χ1) is 15.7. The second kappa shape index (κ2) is 8.43. The molecule has 0 radical (unpaired) electrons. The van der Waals surface area contributed by atoms with Crippen LogP contribution in [0.4, 0.5) is 5.82 Å². The lowest BCUT2D eigenvalue weighted by molar-refractivity contribution is 0.174. The highest BCUT2D eigenvalue weighted by atomic mass is 35.5. The van der Waals surface area contributed by atoms with Crippen molar-refractivity contribution in [3.8, 4) is 11.5 Å². The molecule has 0 spiro atoms. The Hall–Kier alpha value is -2.54. The Morgan fingerprint density at radius 3 is 2.75 bits per heavy atom. The molecule has 1 N–H and O–H groups in total. The highest BCUT2D eigenvalue weighted by Gasteiger charge is 2.32. The van der Waals surface area contributed by atoms with Crippen molar-refractivity contribution >= 4 is 28.3 Å². The van der Waals surface area contributed by atoms with Gasteiger partial charge >= 0.3 is 0 Å². The quantitative estimate of drug-likeness (QED) is 0.629. The Morgan fingerprint density at radius 2 is 1.84 bits per heavy atom. The minimum absolute atomic E-state index is 0.272. The van der Waals surface area contributed by atoms with Gasteiger partial charge in [-0.05, 0) is 43.1 Å². The molecule has 32 heavy (non-hydrogen) atoms. The molecule has 2 saturated heterocycles. The summed E-state index contributed by atoms with van der Waals surface area (Å²) in [5.41, 5.74) is 3.26. The number of nitrogens with one attached hydrogen (secondary N) is 1. The van der Waals surface area contributed by atoms with Gasteiger partial charge in [-0.25, -0.2) is 4.98 Å². The largest absolute Gasteiger partial charge is 0.454 e. The monoisotopic (exact) mass is 450 g/mol. The molecule has 4 heterocycles. The Morgan fingerprint density at radius 1 is 1.00 bits per heavy atom. The lowest BCUT2D eigenvalue weighted by Crippen LogP contribution is -2.50. The van der Waals surface area contributed by atoms with E-state index in [0.29, 0.717) is 12.6 Å². The molecule has 3 aliphatic rings. The van der Waals surface area contributed by atoms with Gasteiger partial charge in [0.15, 0.2) is 11.5 Å². The van der Waals surface area contributed by atoms with Crippen molar-refractivity contribution < 1.29 is 9.47 Å². The third kappa shape index (κ3) is 3.76. The molecule has 3 aliphatic heterocycles. The van der Waals surface area contributed by atoms with E-state index in [4.69, 9.17) is 26.1 Å². The SMILES string of the molecule is Clc1ccccc1CNCc1cc2cc3c(cc2nc1N1CCN2CCCC2C1)OCO3. The van der Waals surface area contributed by atoms with Gasteiger partial charge < -0.3 is 19.7 Å². The van der Waals surface area contributed by atoms with Crippen LogP contribution in [-0.2, 0) is 13.1 Å². The van der Waals surface area contributed by atoms with Crippen LogP contribution in [0.5, 0.6) is 11.5 Å². The number of anilines is 1. The molecule has 2 aromatic carbocycles. The third-order valence-corrected chi connectivity index (χ3v) is 7.21. The number of pyridine rings is 1. The van der Waals surface area contributed by atoms with Crippen molar-refractivity contribution in [3.63, 3.8) is 0 Å². The first-order valence-corrected chi connectivity index (χ1v) is 11.8. The molecule has 0 bridgehead atoms. The van der Waals surface area contributed by atoms with E-state index in [2.05, 4.69) is 27.2 Å². The zero-order valence-corrected chi connectivity index (χ0v) is 18.8. The van der Waals surface area contributed by atoms with Crippen molar-refractivity contribution in [1.29, 1.82) is 0 Å². The Kier molecular flexibility index (Phi) is 5.29. The number of rotatable bonds is 5. The standard InChI is InChI=1S/C25H27ClN4O2/c26-21-6-2-1-4-17(21)13-27-14-19-10-18-11-23-24(32-16-31-23)12-22(18)28-25(19)30-9-8-29-7-3-5-20(29)15-30/h1-2,4,6,10-12,20,27H,3,5,7-9,13-16H2. The van der Waals surface area contributed by atoms with Crippen molar-refractivity contribution in [1.82, 2.24) is 15.2 Å². The maximum atomic E-state index is 6.35. The van der Waals surface area contributed by atoms with Crippen LogP contribution in [0.2, 0.25) is 5.02 Å². The van der Waals surface area contributed by atoms with E-state index in [0.717, 1.165) is 65.0 Å². The molecule has 7 heteroatoms. The van der Waals surface area contributed by atoms with Crippen molar-refractivity contribution in [2.45, 2.75) is 32.0 Å². The van der Waals surface area contributed by atoms with Crippen LogP contribution in [-0.4, -0.2) is 48.9 Å². The molecular formula is C25H27ClN4O2. The van der Waals surface area contributed by atoms with Crippen molar-refractivity contribution in [3.05, 3.63) is 58.6 Å². The number of hydrogen-bond acceptors (Lipinski definition) is 6. The predicted octanol–water partition coefficient (Wildman–Crippen LogP) is 4.19. The molecule has 166 valence electrons. The number of nitrogens with zero attached hydrogens (tertiary/aromatic N) is 3. The van der Waals surface area contributed by atoms with E-state index in [1.807, 2.05) is 30.3 Å². The van der Waals surface area contributed by atoms with Crippen molar-refractivity contribution in [2.24, 2.45) is 0 Å². The lowest BCUT2D eigenvalue weighted by Gasteiger charge is -2.39. The van der Waals surface area contributed by atoms with Crippen LogP contribution in [0.3, 0.4) is 0 Å². The van der Waals surface area contributed by atoms with Gasteiger partial charge in [-0.1, -0.05) is 29.8 Å². The van der Waals surface area contributed by atoms with Gasteiger partial charge in [0, 0.05) is 60.8 Å². The van der Waals surface area contributed by atoms with E-state index in [1.165, 1.54) is 24.9 Å². The van der Waals surface area contributed by atoms with E-state index in [1.54, 1.807) is 0 Å². The Balaban J connectivity index is 1.31. The topological polar surface area (TPSA) is 49.9 Å². The number of hydrogen-bond donors (Lipinski definition) is 1. The lowest BCUT2D eigenvalue weighted by atomic mass is 10.1. The minimum Gasteiger partial charge on any atom is -0.454 e. The maximum absolute atomic E-state index is 6.35. The number of ether oxygens (including phenoxy) is 2. The van der Waals surface area contributed by atoms with Gasteiger partial charge in [-0.15, -0.1) is 0 Å². The molecule has 3 aromatic rings. The molecule has 1 unspecified atom stereocenters. The summed E-state index contributed by atoms with van der Waals surface area (Å²) in [6.45, 7) is 6.11. The first-order valence-electron chi connectivity index (χ1n) is 11.4. The Bertz CT molecular complexity index is 1150. The van der Waals surface area contributed by atoms with Gasteiger partial charge in [-0.3, -0.25) is 4.90 Å². The molecular weight excluding hydrogens is 424 g/mol. The molecule has 1 atom stereocenters. The van der Waals surface area contributed by atoms with Gasteiger partial charge in [0.2, 0.25) is 6.79 Å². The number of fused-ring (bicyclic) bond motifs is 3. The van der Waals surface area contributed by atoms with Crippen LogP contribution in [0, 0.1) is 0 Å². The fraction of sp³-hybridized carbons (Fsp3) is 0.400. The molecule has 6 nitrogen and oxygen atoms in total. The van der Waals surface area contributed by atoms with Gasteiger partial charge in [-0.2, -0.15) is 0 Å². The summed E-state index contributed by atoms with van der Waals surface area (Å²) >= 11 is 6.35. The zero-order valence-electron chi connectivity index (χ0n) is 18.0. The Labute approximate surface area is 193 Å². The third-order valence-electron chi connectivity index (χ3n) is 6.84. The molecule has 0 saturated carbocycles. The van der Waals surface area contributed by atoms with Crippen LogP contribution < -0.4 is 19.7 Å². The highest BCUT2D eigenvalue weighted by Crippen LogP contribution is 2.37. The van der Waals surface area contributed by atoms with Gasteiger partial charge in [0.05, 0.1) is 5.52 Å². The summed E-state index contributed by atoms with van der Waals surface area (Å²) in [7, 11) is 0. The maximum Gasteiger partial charge on any atom is 0.231 e. The van der Waals surface area contributed by atoms with E-state index in [9.17, 15) is 0 Å². The average molecular weight is 451 g/mol. The summed E-state index contributed by atoms with van der Waals surface area (Å²) in [5, 5.41) is 5.45. The molecule has 0 aliphatic carbocycles. The zero-order chi connectivity index (χ0) is 21.5. The molecule has 2 fully saturated rings. The smallest absolute Gasteiger partial charge is 0.231 e. The van der Waals surface area contributed by atoms with E-state index < -0.39 is 0 Å². The van der Waals surface area contributed by atoms with Gasteiger partial charge in [0.1, 0.15) is 5.82 Å². The highest BCUT2D eigenvalue weighted by molar-refractivity contribution is 6.31. The number of benzene rings is 2. The fourth-order valence-electron chi connectivity index (χ4n) is 5.16. The number of halogens is 1. The summed E-state index contributed by atoms with van der Waals surface area (Å²) in [6, 6.07) is 14.9. The summed E-state index contributed by atoms with van der Waals surface area (Å²) in [6.07, 6.45) is 2.59. The fourth-order valence-corrected chi connectivity index (χ4v) is 5.36. The van der Waals surface area contributed by atoms with Crippen LogP contribution in [0.1, 0.15) is 24.0 Å². The second-order valence-electron chi connectivity index (χ2n) is 8.84. The normalized spacial score (nSPS) is 20.2. The molecule has 6 rings (SSSR count). The summed E-state index contributed by atoms with van der Waals surface area (Å²) in [5.74, 6) is 2.65. The number of piperazine rings is 1. The van der Waals surface area contributed by atoms with Crippen LogP contribution >= 0.6 is 11.6 Å². The number of aromatic nitrogens is 1. The first kappa shape index (κ1) is 20.1. The second-order valence-corrected chi connectivity index (χ2v) is 9.25. The van der Waals surface area contributed by atoms with Gasteiger partial charge in [0.25, 0.3) is 0 Å². The van der Waals surface area contributed by atoms with Crippen LogP contribution in [0.25, 0.3) is 10.9 Å². The van der Waals surface area contributed by atoms with E-state index >= 15 is 0 Å². The van der Waals surface area contributed by atoms with E-state index in [-0.39, 0.29) is 6.79 Å². The molecule has 1 aromatic heterocycles. The summed E-state index contributed by atoms with van der Waals surface area (Å²) < 4.78 is 11.2. The summed E-state index contributed by atoms with van der Waals surface area (Å²) in [4.78, 5) is 10.2. The molecule has 0 amide bonds. The average Bonchev–Trinajstić information content (AvgIpc) is 3.46. The predicted molar refractivity (Wildman–Crippen MR) is 127 cm³/mol. The van der Waals surface area contributed by atoms with Crippen LogP contribution in [0.15, 0.2) is 42.5 Å².